The Morgan fingerprint density at radius 1 is 1.42 bits per heavy atom. The van der Waals surface area contributed by atoms with E-state index in [1.54, 1.807) is 0 Å². The van der Waals surface area contributed by atoms with Gasteiger partial charge in [-0.2, -0.15) is 11.8 Å². The van der Waals surface area contributed by atoms with Crippen LogP contribution in [0, 0.1) is 6.92 Å². The van der Waals surface area contributed by atoms with Crippen LogP contribution in [-0.2, 0) is 6.54 Å². The van der Waals surface area contributed by atoms with Crippen LogP contribution in [-0.4, -0.2) is 35.6 Å². The van der Waals surface area contributed by atoms with E-state index in [1.807, 2.05) is 0 Å². The Hall–Kier alpha value is -0.740. The summed E-state index contributed by atoms with van der Waals surface area (Å²) >= 11 is 2.07. The van der Waals surface area contributed by atoms with Crippen LogP contribution in [0.5, 0.6) is 0 Å². The maximum atomic E-state index is 4.48. The minimum Gasteiger partial charge on any atom is -0.370 e. The molecule has 1 unspecified atom stereocenters. The summed E-state index contributed by atoms with van der Waals surface area (Å²) in [6.45, 7) is 3.04. The van der Waals surface area contributed by atoms with Crippen LogP contribution < -0.4 is 10.2 Å². The second-order valence-corrected chi connectivity index (χ2v) is 6.89. The molecule has 0 spiro atoms. The Labute approximate surface area is 120 Å². The highest BCUT2D eigenvalue weighted by molar-refractivity contribution is 7.99. The number of rotatable bonds is 5. The van der Waals surface area contributed by atoms with Gasteiger partial charge in [0.05, 0.1) is 0 Å². The predicted molar refractivity (Wildman–Crippen MR) is 83.0 cm³/mol. The number of nitrogens with one attached hydrogen (secondary N) is 1. The van der Waals surface area contributed by atoms with Crippen molar-refractivity contribution in [2.45, 2.75) is 44.8 Å². The Morgan fingerprint density at radius 3 is 2.95 bits per heavy atom. The fraction of sp³-hybridized carbons (Fsp3) is 0.667. The quantitative estimate of drug-likeness (QED) is 0.895. The van der Waals surface area contributed by atoms with Gasteiger partial charge in [-0.3, -0.25) is 4.98 Å². The Morgan fingerprint density at radius 2 is 2.26 bits per heavy atom. The lowest BCUT2D eigenvalue weighted by atomic mass is 10.1. The second-order valence-electron chi connectivity index (χ2n) is 5.74. The van der Waals surface area contributed by atoms with Crippen molar-refractivity contribution in [2.24, 2.45) is 0 Å². The van der Waals surface area contributed by atoms with Gasteiger partial charge in [-0.15, -0.1) is 0 Å². The molecule has 4 heteroatoms. The number of anilines is 1. The van der Waals surface area contributed by atoms with Crippen molar-refractivity contribution in [2.75, 3.05) is 23.5 Å². The third-order valence-corrected chi connectivity index (χ3v) is 5.24. The summed E-state index contributed by atoms with van der Waals surface area (Å²) in [5.74, 6) is 2.56. The van der Waals surface area contributed by atoms with E-state index >= 15 is 0 Å². The number of aryl methyl sites for hydroxylation is 1. The molecule has 0 aromatic carbocycles. The van der Waals surface area contributed by atoms with Crippen molar-refractivity contribution in [1.82, 2.24) is 10.3 Å². The fourth-order valence-electron chi connectivity index (χ4n) is 2.60. The topological polar surface area (TPSA) is 28.2 Å². The van der Waals surface area contributed by atoms with E-state index in [0.29, 0.717) is 6.04 Å². The van der Waals surface area contributed by atoms with Gasteiger partial charge in [0.15, 0.2) is 0 Å². The molecule has 1 saturated heterocycles. The van der Waals surface area contributed by atoms with Gasteiger partial charge in [0.25, 0.3) is 0 Å². The average Bonchev–Trinajstić information content (AvgIpc) is 3.08. The highest BCUT2D eigenvalue weighted by atomic mass is 32.2. The first kappa shape index (κ1) is 13.3. The summed E-state index contributed by atoms with van der Waals surface area (Å²) in [5.41, 5.74) is 3.83. The molecule has 104 valence electrons. The maximum absolute atomic E-state index is 4.48. The smallest absolute Gasteiger partial charge is 0.0445 e. The average molecular weight is 277 g/mol. The molecule has 0 amide bonds. The minimum absolute atomic E-state index is 0.687. The number of thioether (sulfide) groups is 1. The van der Waals surface area contributed by atoms with Gasteiger partial charge in [0, 0.05) is 54.6 Å². The van der Waals surface area contributed by atoms with Crippen molar-refractivity contribution in [3.8, 4) is 0 Å². The molecular weight excluding hydrogens is 254 g/mol. The van der Waals surface area contributed by atoms with E-state index in [2.05, 4.69) is 53.2 Å². The number of pyridine rings is 1. The van der Waals surface area contributed by atoms with Crippen LogP contribution in [0.25, 0.3) is 0 Å². The van der Waals surface area contributed by atoms with E-state index in [4.69, 9.17) is 0 Å². The Balaban J connectivity index is 1.77. The number of hydrogen-bond donors (Lipinski definition) is 1. The zero-order chi connectivity index (χ0) is 13.2. The molecule has 3 nitrogen and oxygen atoms in total. The molecule has 2 heterocycles. The van der Waals surface area contributed by atoms with E-state index in [0.717, 1.165) is 18.3 Å². The van der Waals surface area contributed by atoms with Crippen LogP contribution in [0.3, 0.4) is 0 Å². The summed E-state index contributed by atoms with van der Waals surface area (Å²) in [5, 5.41) is 3.61. The van der Waals surface area contributed by atoms with E-state index in [9.17, 15) is 0 Å². The third-order valence-electron chi connectivity index (χ3n) is 4.09. The summed E-state index contributed by atoms with van der Waals surface area (Å²) in [7, 11) is 2.24. The van der Waals surface area contributed by atoms with Crippen LogP contribution >= 0.6 is 11.8 Å². The lowest BCUT2D eigenvalue weighted by molar-refractivity contribution is 0.666. The lowest BCUT2D eigenvalue weighted by Crippen LogP contribution is -2.32. The summed E-state index contributed by atoms with van der Waals surface area (Å²) < 4.78 is 0. The monoisotopic (exact) mass is 277 g/mol. The van der Waals surface area contributed by atoms with Gasteiger partial charge in [0.1, 0.15) is 0 Å². The molecule has 3 rings (SSSR count). The molecule has 1 saturated carbocycles. The summed E-state index contributed by atoms with van der Waals surface area (Å²) in [6, 6.07) is 3.68. The number of aromatic nitrogens is 1. The van der Waals surface area contributed by atoms with E-state index in [-0.39, 0.29) is 0 Å². The van der Waals surface area contributed by atoms with Crippen LogP contribution in [0.1, 0.15) is 30.5 Å². The molecule has 2 fully saturated rings. The second kappa shape index (κ2) is 5.71. The number of hydrogen-bond acceptors (Lipinski definition) is 4. The van der Waals surface area contributed by atoms with Gasteiger partial charge in [-0.25, -0.2) is 0 Å². The van der Waals surface area contributed by atoms with Crippen LogP contribution in [0.2, 0.25) is 0 Å². The molecule has 1 N–H and O–H groups in total. The first-order chi connectivity index (χ1) is 9.24. The van der Waals surface area contributed by atoms with Crippen molar-refractivity contribution >= 4 is 17.4 Å². The van der Waals surface area contributed by atoms with E-state index < -0.39 is 0 Å². The molecular formula is C15H23N3S. The van der Waals surface area contributed by atoms with Crippen LogP contribution in [0.4, 0.5) is 5.69 Å². The fourth-order valence-corrected chi connectivity index (χ4v) is 3.87. The summed E-state index contributed by atoms with van der Waals surface area (Å²) in [6.07, 6.45) is 6.03. The Bertz CT molecular complexity index is 439. The Kier molecular flexibility index (Phi) is 3.99. The highest BCUT2D eigenvalue weighted by Crippen LogP contribution is 2.29. The van der Waals surface area contributed by atoms with Crippen molar-refractivity contribution in [3.63, 3.8) is 0 Å². The normalized spacial score (nSPS) is 22.7. The maximum Gasteiger partial charge on any atom is 0.0445 e. The first-order valence-corrected chi connectivity index (χ1v) is 8.39. The standard InChI is InChI=1S/C15H23N3S/c1-11-7-15(18(2)14-5-6-19-10-14)12(8-16-11)9-17-13-3-4-13/h7-8,13-14,17H,3-6,9-10H2,1-2H3. The minimum atomic E-state index is 0.687. The summed E-state index contributed by atoms with van der Waals surface area (Å²) in [4.78, 5) is 6.95. The number of nitrogens with zero attached hydrogens (tertiary/aromatic N) is 2. The third kappa shape index (κ3) is 3.23. The van der Waals surface area contributed by atoms with Gasteiger partial charge in [-0.1, -0.05) is 0 Å². The van der Waals surface area contributed by atoms with Crippen molar-refractivity contribution in [3.05, 3.63) is 23.5 Å². The lowest BCUT2D eigenvalue weighted by Gasteiger charge is -2.28. The van der Waals surface area contributed by atoms with Crippen LogP contribution in [0.15, 0.2) is 12.3 Å². The highest BCUT2D eigenvalue weighted by Gasteiger charge is 2.24. The zero-order valence-corrected chi connectivity index (χ0v) is 12.7. The molecule has 1 aromatic rings. The van der Waals surface area contributed by atoms with Crippen molar-refractivity contribution in [1.29, 1.82) is 0 Å². The molecule has 2 aliphatic rings. The van der Waals surface area contributed by atoms with Gasteiger partial charge < -0.3 is 10.2 Å². The van der Waals surface area contributed by atoms with E-state index in [1.165, 1.54) is 42.0 Å². The molecule has 1 aliphatic heterocycles. The largest absolute Gasteiger partial charge is 0.370 e. The SMILES string of the molecule is Cc1cc(N(C)C2CCSC2)c(CNC2CC2)cn1. The molecule has 0 radical (unpaired) electrons. The molecule has 1 aromatic heterocycles. The van der Waals surface area contributed by atoms with Gasteiger partial charge in [-0.05, 0) is 38.0 Å². The van der Waals surface area contributed by atoms with Gasteiger partial charge >= 0.3 is 0 Å². The molecule has 19 heavy (non-hydrogen) atoms. The first-order valence-electron chi connectivity index (χ1n) is 7.23. The predicted octanol–water partition coefficient (Wildman–Crippen LogP) is 2.58. The van der Waals surface area contributed by atoms with Crippen molar-refractivity contribution < 1.29 is 0 Å². The molecule has 0 bridgehead atoms. The zero-order valence-electron chi connectivity index (χ0n) is 11.9. The van der Waals surface area contributed by atoms with Gasteiger partial charge in [0.2, 0.25) is 0 Å². The molecule has 1 atom stereocenters. The molecule has 1 aliphatic carbocycles.